The van der Waals surface area contributed by atoms with Gasteiger partial charge in [-0.2, -0.15) is 0 Å². The Bertz CT molecular complexity index is 356. The summed E-state index contributed by atoms with van der Waals surface area (Å²) in [5.41, 5.74) is 0. The molecule has 2 rings (SSSR count). The zero-order valence-corrected chi connectivity index (χ0v) is 10.1. The molecule has 3 heteroatoms. The molecule has 15 heavy (non-hydrogen) atoms. The number of aryl methyl sites for hydroxylation is 1. The van der Waals surface area contributed by atoms with Crippen LogP contribution >= 0.6 is 11.3 Å². The highest BCUT2D eigenvalue weighted by Crippen LogP contribution is 2.30. The van der Waals surface area contributed by atoms with E-state index < -0.39 is 0 Å². The summed E-state index contributed by atoms with van der Waals surface area (Å²) in [7, 11) is 1.98. The molecule has 0 aromatic carbocycles. The van der Waals surface area contributed by atoms with Gasteiger partial charge in [0.05, 0.1) is 12.6 Å². The van der Waals surface area contributed by atoms with Crippen molar-refractivity contribution in [2.24, 2.45) is 0 Å². The van der Waals surface area contributed by atoms with Crippen molar-refractivity contribution >= 4 is 11.3 Å². The third-order valence-electron chi connectivity index (χ3n) is 2.58. The van der Waals surface area contributed by atoms with Crippen LogP contribution in [0.3, 0.4) is 0 Å². The van der Waals surface area contributed by atoms with Crippen LogP contribution in [0.25, 0.3) is 0 Å². The maximum Gasteiger partial charge on any atom is 0.114 e. The molecule has 0 aliphatic carbocycles. The van der Waals surface area contributed by atoms with E-state index in [1.54, 1.807) is 0 Å². The van der Waals surface area contributed by atoms with Crippen LogP contribution in [0.5, 0.6) is 0 Å². The molecule has 1 atom stereocenters. The molecule has 0 amide bonds. The van der Waals surface area contributed by atoms with E-state index >= 15 is 0 Å². The molecule has 1 aliphatic heterocycles. The van der Waals surface area contributed by atoms with Gasteiger partial charge in [0.1, 0.15) is 5.76 Å². The summed E-state index contributed by atoms with van der Waals surface area (Å²) in [6, 6.07) is 4.58. The highest BCUT2D eigenvalue weighted by molar-refractivity contribution is 7.12. The lowest BCUT2D eigenvalue weighted by Gasteiger charge is -2.22. The van der Waals surface area contributed by atoms with Gasteiger partial charge in [0.25, 0.3) is 0 Å². The average molecular weight is 223 g/mol. The van der Waals surface area contributed by atoms with Crippen molar-refractivity contribution in [3.05, 3.63) is 33.7 Å². The maximum absolute atomic E-state index is 5.70. The lowest BCUT2D eigenvalue weighted by Crippen LogP contribution is -2.21. The average Bonchev–Trinajstić information content (AvgIpc) is 2.68. The van der Waals surface area contributed by atoms with Gasteiger partial charge in [0, 0.05) is 9.75 Å². The number of hydrogen-bond donors (Lipinski definition) is 1. The van der Waals surface area contributed by atoms with Crippen LogP contribution < -0.4 is 5.32 Å². The molecule has 82 valence electrons. The van der Waals surface area contributed by atoms with Crippen LogP contribution in [0.4, 0.5) is 0 Å². The normalized spacial score (nSPS) is 18.1. The summed E-state index contributed by atoms with van der Waals surface area (Å²) >= 11 is 1.83. The highest BCUT2D eigenvalue weighted by atomic mass is 32.1. The van der Waals surface area contributed by atoms with Crippen molar-refractivity contribution in [2.45, 2.75) is 25.8 Å². The Morgan fingerprint density at radius 2 is 2.33 bits per heavy atom. The Labute approximate surface area is 95.0 Å². The van der Waals surface area contributed by atoms with Crippen molar-refractivity contribution in [3.8, 4) is 0 Å². The fraction of sp³-hybridized carbons (Fsp3) is 0.500. The zero-order valence-electron chi connectivity index (χ0n) is 9.25. The molecule has 0 radical (unpaired) electrons. The first-order chi connectivity index (χ1) is 7.31. The van der Waals surface area contributed by atoms with E-state index in [1.807, 2.05) is 18.4 Å². The molecule has 0 saturated heterocycles. The Hall–Kier alpha value is -0.800. The molecule has 0 bridgehead atoms. The minimum atomic E-state index is 0.240. The highest BCUT2D eigenvalue weighted by Gasteiger charge is 2.19. The summed E-state index contributed by atoms with van der Waals surface area (Å²) < 4.78 is 5.70. The SMILES string of the molecule is CNC(C1=CCCCO1)c1ccc(C)s1. The minimum absolute atomic E-state index is 0.240. The number of thiophene rings is 1. The Balaban J connectivity index is 2.19. The fourth-order valence-corrected chi connectivity index (χ4v) is 2.81. The second kappa shape index (κ2) is 4.81. The van der Waals surface area contributed by atoms with E-state index in [-0.39, 0.29) is 6.04 Å². The molecule has 1 N–H and O–H groups in total. The van der Waals surface area contributed by atoms with Gasteiger partial charge < -0.3 is 10.1 Å². The number of allylic oxidation sites excluding steroid dienone is 1. The van der Waals surface area contributed by atoms with Gasteiger partial charge in [-0.1, -0.05) is 0 Å². The first-order valence-electron chi connectivity index (χ1n) is 5.37. The third-order valence-corrected chi connectivity index (χ3v) is 3.65. The second-order valence-electron chi connectivity index (χ2n) is 3.77. The first-order valence-corrected chi connectivity index (χ1v) is 6.19. The molecular weight excluding hydrogens is 206 g/mol. The zero-order chi connectivity index (χ0) is 10.7. The molecular formula is C12H17NOS. The first kappa shape index (κ1) is 10.7. The van der Waals surface area contributed by atoms with E-state index in [0.29, 0.717) is 0 Å². The summed E-state index contributed by atoms with van der Waals surface area (Å²) in [5, 5.41) is 3.32. The van der Waals surface area contributed by atoms with Crippen molar-refractivity contribution in [2.75, 3.05) is 13.7 Å². The van der Waals surface area contributed by atoms with Gasteiger partial charge in [0.15, 0.2) is 0 Å². The van der Waals surface area contributed by atoms with Gasteiger partial charge in [-0.15, -0.1) is 11.3 Å². The Morgan fingerprint density at radius 3 is 2.87 bits per heavy atom. The minimum Gasteiger partial charge on any atom is -0.496 e. The predicted molar refractivity (Wildman–Crippen MR) is 64.1 cm³/mol. The summed E-state index contributed by atoms with van der Waals surface area (Å²) in [4.78, 5) is 2.69. The molecule has 2 heterocycles. The summed E-state index contributed by atoms with van der Waals surface area (Å²) in [5.74, 6) is 1.09. The molecule has 1 aromatic heterocycles. The van der Waals surface area contributed by atoms with Crippen LogP contribution in [0.15, 0.2) is 24.0 Å². The van der Waals surface area contributed by atoms with Gasteiger partial charge in [0.2, 0.25) is 0 Å². The van der Waals surface area contributed by atoms with Gasteiger partial charge >= 0.3 is 0 Å². The molecule has 0 spiro atoms. The molecule has 1 aromatic rings. The van der Waals surface area contributed by atoms with Crippen LogP contribution in [-0.4, -0.2) is 13.7 Å². The smallest absolute Gasteiger partial charge is 0.114 e. The van der Waals surface area contributed by atoms with Gasteiger partial charge in [-0.05, 0) is 45.0 Å². The number of ether oxygens (including phenoxy) is 1. The maximum atomic E-state index is 5.70. The Kier molecular flexibility index (Phi) is 3.44. The van der Waals surface area contributed by atoms with E-state index in [0.717, 1.165) is 25.2 Å². The Morgan fingerprint density at radius 1 is 1.47 bits per heavy atom. The van der Waals surface area contributed by atoms with Crippen LogP contribution in [0.2, 0.25) is 0 Å². The largest absolute Gasteiger partial charge is 0.496 e. The fourth-order valence-electron chi connectivity index (χ4n) is 1.81. The topological polar surface area (TPSA) is 21.3 Å². The number of likely N-dealkylation sites (N-methyl/N-ethyl adjacent to an activating group) is 1. The van der Waals surface area contributed by atoms with Gasteiger partial charge in [-0.25, -0.2) is 0 Å². The van der Waals surface area contributed by atoms with Crippen molar-refractivity contribution < 1.29 is 4.74 Å². The van der Waals surface area contributed by atoms with Crippen LogP contribution in [-0.2, 0) is 4.74 Å². The third kappa shape index (κ3) is 2.41. The van der Waals surface area contributed by atoms with E-state index in [1.165, 1.54) is 9.75 Å². The molecule has 2 nitrogen and oxygen atoms in total. The van der Waals surface area contributed by atoms with Crippen molar-refractivity contribution in [3.63, 3.8) is 0 Å². The monoisotopic (exact) mass is 223 g/mol. The van der Waals surface area contributed by atoms with Crippen LogP contribution in [0.1, 0.15) is 28.6 Å². The van der Waals surface area contributed by atoms with Crippen LogP contribution in [0, 0.1) is 6.92 Å². The van der Waals surface area contributed by atoms with Gasteiger partial charge in [-0.3, -0.25) is 0 Å². The molecule has 1 unspecified atom stereocenters. The van der Waals surface area contributed by atoms with Crippen molar-refractivity contribution in [1.82, 2.24) is 5.32 Å². The van der Waals surface area contributed by atoms with E-state index in [2.05, 4.69) is 30.4 Å². The second-order valence-corrected chi connectivity index (χ2v) is 5.09. The quantitative estimate of drug-likeness (QED) is 0.850. The lowest BCUT2D eigenvalue weighted by atomic mass is 10.1. The number of nitrogens with one attached hydrogen (secondary N) is 1. The lowest BCUT2D eigenvalue weighted by molar-refractivity contribution is 0.170. The van der Waals surface area contributed by atoms with E-state index in [4.69, 9.17) is 4.74 Å². The molecule has 1 aliphatic rings. The predicted octanol–water partition coefficient (Wildman–Crippen LogP) is 3.01. The number of rotatable bonds is 3. The molecule has 0 fully saturated rings. The summed E-state index contributed by atoms with van der Waals surface area (Å²) in [6.45, 7) is 2.99. The number of hydrogen-bond acceptors (Lipinski definition) is 3. The molecule has 0 saturated carbocycles. The summed E-state index contributed by atoms with van der Waals surface area (Å²) in [6.07, 6.45) is 4.49. The van der Waals surface area contributed by atoms with Crippen molar-refractivity contribution in [1.29, 1.82) is 0 Å². The van der Waals surface area contributed by atoms with E-state index in [9.17, 15) is 0 Å². The standard InChI is InChI=1S/C12H17NOS/c1-9-6-7-11(15-9)12(13-2)10-5-3-4-8-14-10/h5-7,12-13H,3-4,8H2,1-2H3.